The van der Waals surface area contributed by atoms with Gasteiger partial charge < -0.3 is 11.1 Å². The number of nitrogens with one attached hydrogen (secondary N) is 1. The van der Waals surface area contributed by atoms with Crippen LogP contribution in [0.2, 0.25) is 0 Å². The van der Waals surface area contributed by atoms with E-state index in [1.807, 2.05) is 58.0 Å². The van der Waals surface area contributed by atoms with E-state index in [4.69, 9.17) is 10.7 Å². The second kappa shape index (κ2) is 7.83. The lowest BCUT2D eigenvalue weighted by molar-refractivity contribution is -0.679. The lowest BCUT2D eigenvalue weighted by Gasteiger charge is -2.15. The molecule has 0 aliphatic heterocycles. The highest BCUT2D eigenvalue weighted by molar-refractivity contribution is 6.00. The van der Waals surface area contributed by atoms with E-state index < -0.39 is 0 Å². The van der Waals surface area contributed by atoms with Crippen molar-refractivity contribution in [2.24, 2.45) is 0 Å². The number of fused-ring (bicyclic) bond motifs is 2. The maximum Gasteiger partial charge on any atom is 0.278 e. The van der Waals surface area contributed by atoms with Gasteiger partial charge in [-0.05, 0) is 45.4 Å². The highest BCUT2D eigenvalue weighted by Crippen LogP contribution is 2.18. The number of aromatic nitrogens is 3. The van der Waals surface area contributed by atoms with Gasteiger partial charge in [-0.15, -0.1) is 0 Å². The summed E-state index contributed by atoms with van der Waals surface area (Å²) in [6.45, 7) is 8.19. The van der Waals surface area contributed by atoms with Gasteiger partial charge >= 0.3 is 0 Å². The molecule has 0 saturated carbocycles. The number of nitrogens with two attached hydrogens (primary N) is 1. The minimum atomic E-state index is -0.330. The Morgan fingerprint density at radius 2 is 1.90 bits per heavy atom. The molecule has 7 heteroatoms. The average molecular weight is 417 g/mol. The van der Waals surface area contributed by atoms with Crippen LogP contribution in [0, 0.1) is 13.8 Å². The van der Waals surface area contributed by atoms with Gasteiger partial charge in [0.2, 0.25) is 11.5 Å². The number of hydrogen-bond donors (Lipinski definition) is 2. The zero-order valence-electron chi connectivity index (χ0n) is 18.1. The molecule has 3 aromatic heterocycles. The Kier molecular flexibility index (Phi) is 5.19. The molecule has 0 unspecified atom stereocenters. The first-order chi connectivity index (χ1) is 14.8. The van der Waals surface area contributed by atoms with Crippen LogP contribution in [0.3, 0.4) is 0 Å². The van der Waals surface area contributed by atoms with Gasteiger partial charge in [-0.25, -0.2) is 4.57 Å². The third kappa shape index (κ3) is 3.63. The van der Waals surface area contributed by atoms with Crippen LogP contribution in [-0.4, -0.2) is 15.3 Å². The number of nitrogen functional groups attached to an aromatic ring is 1. The molecule has 0 fully saturated rings. The molecule has 7 nitrogen and oxygen atoms in total. The summed E-state index contributed by atoms with van der Waals surface area (Å²) in [5.41, 5.74) is 10.5. The fourth-order valence-electron chi connectivity index (χ4n) is 3.76. The van der Waals surface area contributed by atoms with Crippen LogP contribution in [-0.2, 0) is 6.54 Å². The van der Waals surface area contributed by atoms with Gasteiger partial charge in [0.15, 0.2) is 0 Å². The normalized spacial score (nSPS) is 11.4. The van der Waals surface area contributed by atoms with Crippen molar-refractivity contribution in [3.8, 4) is 0 Å². The van der Waals surface area contributed by atoms with Crippen molar-refractivity contribution in [2.75, 3.05) is 5.73 Å². The molecule has 0 spiro atoms. The van der Waals surface area contributed by atoms with Crippen LogP contribution in [0.4, 0.5) is 5.82 Å². The van der Waals surface area contributed by atoms with Crippen molar-refractivity contribution in [3.05, 3.63) is 81.3 Å². The summed E-state index contributed by atoms with van der Waals surface area (Å²) < 4.78 is 3.26. The summed E-state index contributed by atoms with van der Waals surface area (Å²) in [5, 5.41) is 3.26. The molecule has 158 valence electrons. The van der Waals surface area contributed by atoms with E-state index in [0.717, 1.165) is 16.7 Å². The number of anilines is 1. The summed E-state index contributed by atoms with van der Waals surface area (Å²) in [6.07, 6.45) is 1.68. The Hall–Kier alpha value is -3.74. The molecule has 31 heavy (non-hydrogen) atoms. The number of nitrogens with zero attached hydrogens (tertiary/aromatic N) is 3. The average Bonchev–Trinajstić information content (AvgIpc) is 2.73. The lowest BCUT2D eigenvalue weighted by Crippen LogP contribution is -2.44. The van der Waals surface area contributed by atoms with Crippen molar-refractivity contribution >= 4 is 28.4 Å². The summed E-state index contributed by atoms with van der Waals surface area (Å²) in [5.74, 6) is -0.0446. The number of benzene rings is 1. The molecule has 3 heterocycles. The molecular weight excluding hydrogens is 390 g/mol. The van der Waals surface area contributed by atoms with E-state index in [9.17, 15) is 9.59 Å². The molecule has 0 saturated heterocycles. The molecule has 0 aliphatic rings. The molecule has 0 bridgehead atoms. The standard InChI is InChI=1S/C24H25N5O2/c1-14(2)29-20(25)18(23(30)26-13-17-9-7-15(3)8-10-17)12-19-22(29)27-21-16(4)6-5-11-28(21)24(19)31/h5-12,14,25H,13H2,1-4H3,(H,26,30)/p+1. The van der Waals surface area contributed by atoms with Crippen LogP contribution in [0.15, 0.2) is 53.5 Å². The van der Waals surface area contributed by atoms with Crippen molar-refractivity contribution in [3.63, 3.8) is 0 Å². The first-order valence-electron chi connectivity index (χ1n) is 10.3. The summed E-state index contributed by atoms with van der Waals surface area (Å²) in [7, 11) is 0. The van der Waals surface area contributed by atoms with E-state index >= 15 is 0 Å². The maximum absolute atomic E-state index is 13.2. The predicted octanol–water partition coefficient (Wildman–Crippen LogP) is 2.85. The molecule has 0 aliphatic carbocycles. The van der Waals surface area contributed by atoms with Gasteiger partial charge in [-0.3, -0.25) is 14.0 Å². The number of aryl methyl sites for hydroxylation is 2. The number of pyridine rings is 2. The largest absolute Gasteiger partial charge is 0.348 e. The van der Waals surface area contributed by atoms with E-state index in [-0.39, 0.29) is 28.9 Å². The van der Waals surface area contributed by atoms with Crippen LogP contribution in [0.1, 0.15) is 46.9 Å². The van der Waals surface area contributed by atoms with Gasteiger partial charge in [0.1, 0.15) is 10.9 Å². The van der Waals surface area contributed by atoms with Gasteiger partial charge in [-0.1, -0.05) is 40.9 Å². The topological polar surface area (TPSA) is 93.4 Å². The number of carbonyl (C=O) groups excluding carboxylic acids is 1. The monoisotopic (exact) mass is 416 g/mol. The molecule has 4 rings (SSSR count). The molecule has 4 aromatic rings. The highest BCUT2D eigenvalue weighted by Gasteiger charge is 2.26. The van der Waals surface area contributed by atoms with Crippen LogP contribution in [0.25, 0.3) is 16.7 Å². The maximum atomic E-state index is 13.2. The SMILES string of the molecule is Cc1ccc(CNC(=O)c2cc3c(=O)n4cccc(C)c4nc3[n+](C(C)C)c2N)cc1. The first-order valence-corrected chi connectivity index (χ1v) is 10.3. The Morgan fingerprint density at radius 3 is 2.58 bits per heavy atom. The number of carbonyl (C=O) groups is 1. The third-order valence-electron chi connectivity index (χ3n) is 5.45. The van der Waals surface area contributed by atoms with E-state index in [1.54, 1.807) is 22.9 Å². The zero-order valence-corrected chi connectivity index (χ0v) is 18.1. The zero-order chi connectivity index (χ0) is 22.3. The quantitative estimate of drug-likeness (QED) is 0.395. The van der Waals surface area contributed by atoms with Crippen LogP contribution < -0.4 is 21.2 Å². The fourth-order valence-corrected chi connectivity index (χ4v) is 3.76. The minimum Gasteiger partial charge on any atom is -0.348 e. The second-order valence-electron chi connectivity index (χ2n) is 8.11. The summed E-state index contributed by atoms with van der Waals surface area (Å²) >= 11 is 0. The van der Waals surface area contributed by atoms with E-state index in [1.165, 1.54) is 4.40 Å². The smallest absolute Gasteiger partial charge is 0.278 e. The number of amides is 1. The van der Waals surface area contributed by atoms with Crippen molar-refractivity contribution in [2.45, 2.75) is 40.3 Å². The molecular formula is C24H26N5O2+. The number of hydrogen-bond acceptors (Lipinski definition) is 4. The Bertz CT molecular complexity index is 1370. The molecule has 3 N–H and O–H groups in total. The predicted molar refractivity (Wildman–Crippen MR) is 121 cm³/mol. The van der Waals surface area contributed by atoms with Crippen molar-refractivity contribution in [1.29, 1.82) is 0 Å². The van der Waals surface area contributed by atoms with Gasteiger partial charge in [0.25, 0.3) is 17.1 Å². The lowest BCUT2D eigenvalue weighted by atomic mass is 10.1. The van der Waals surface area contributed by atoms with Gasteiger partial charge in [-0.2, -0.15) is 0 Å². The van der Waals surface area contributed by atoms with Gasteiger partial charge in [0.05, 0.1) is 6.04 Å². The van der Waals surface area contributed by atoms with Crippen molar-refractivity contribution in [1.82, 2.24) is 14.7 Å². The molecule has 1 amide bonds. The van der Waals surface area contributed by atoms with Crippen molar-refractivity contribution < 1.29 is 9.36 Å². The Balaban J connectivity index is 1.85. The fraction of sp³-hybridized carbons (Fsp3) is 0.250. The Labute approximate surface area is 180 Å². The molecule has 1 aromatic carbocycles. The molecule has 0 radical (unpaired) electrons. The van der Waals surface area contributed by atoms with Crippen LogP contribution >= 0.6 is 0 Å². The number of rotatable bonds is 4. The Morgan fingerprint density at radius 1 is 1.19 bits per heavy atom. The molecule has 0 atom stereocenters. The first kappa shape index (κ1) is 20.5. The minimum absolute atomic E-state index is 0.0919. The summed E-state index contributed by atoms with van der Waals surface area (Å²) in [6, 6.07) is 13.1. The van der Waals surface area contributed by atoms with E-state index in [2.05, 4.69) is 5.32 Å². The second-order valence-corrected chi connectivity index (χ2v) is 8.11. The van der Waals surface area contributed by atoms with Crippen LogP contribution in [0.5, 0.6) is 0 Å². The highest BCUT2D eigenvalue weighted by atomic mass is 16.1. The summed E-state index contributed by atoms with van der Waals surface area (Å²) in [4.78, 5) is 31.0. The third-order valence-corrected chi connectivity index (χ3v) is 5.45. The van der Waals surface area contributed by atoms with Gasteiger partial charge in [0, 0.05) is 18.3 Å². The van der Waals surface area contributed by atoms with E-state index in [0.29, 0.717) is 23.2 Å².